The number of rotatable bonds is 7. The number of aliphatic hydroxyl groups is 1. The molecule has 4 aliphatic rings. The molecular weight excluding hydrogens is 524 g/mol. The summed E-state index contributed by atoms with van der Waals surface area (Å²) in [6, 6.07) is 13.7. The molecule has 9 heteroatoms. The summed E-state index contributed by atoms with van der Waals surface area (Å²) in [5.41, 5.74) is -2.22. The van der Waals surface area contributed by atoms with Crippen LogP contribution in [0.5, 0.6) is 5.75 Å². The number of hydrogen-bond donors (Lipinski definition) is 1. The fourth-order valence-electron chi connectivity index (χ4n) is 6.57. The van der Waals surface area contributed by atoms with Gasteiger partial charge in [-0.2, -0.15) is 18.4 Å². The van der Waals surface area contributed by atoms with Crippen molar-refractivity contribution >= 4 is 11.6 Å². The Labute approximate surface area is 231 Å². The highest BCUT2D eigenvalue weighted by Crippen LogP contribution is 2.57. The summed E-state index contributed by atoms with van der Waals surface area (Å²) in [5, 5.41) is 19.7. The fraction of sp³-hybridized carbons (Fsp3) is 0.548. The van der Waals surface area contributed by atoms with Gasteiger partial charge in [0, 0.05) is 23.7 Å². The number of nitriles is 1. The molecule has 2 aromatic carbocycles. The quantitative estimate of drug-likeness (QED) is 0.366. The van der Waals surface area contributed by atoms with Crippen LogP contribution in [0.2, 0.25) is 0 Å². The third-order valence-corrected chi connectivity index (χ3v) is 9.24. The smallest absolute Gasteiger partial charge is 0.417 e. The van der Waals surface area contributed by atoms with E-state index in [1.165, 1.54) is 17.0 Å². The number of carbonyl (C=O) groups is 1. The summed E-state index contributed by atoms with van der Waals surface area (Å²) >= 11 is 0. The predicted molar refractivity (Wildman–Crippen MR) is 142 cm³/mol. The van der Waals surface area contributed by atoms with E-state index in [2.05, 4.69) is 6.07 Å². The van der Waals surface area contributed by atoms with Gasteiger partial charge in [0.05, 0.1) is 17.6 Å². The first-order chi connectivity index (χ1) is 18.8. The summed E-state index contributed by atoms with van der Waals surface area (Å²) in [7, 11) is 0. The van der Waals surface area contributed by atoms with Crippen molar-refractivity contribution in [3.8, 4) is 22.9 Å². The Morgan fingerprint density at radius 3 is 2.20 bits per heavy atom. The molecule has 40 heavy (non-hydrogen) atoms. The van der Waals surface area contributed by atoms with E-state index in [9.17, 15) is 28.3 Å². The zero-order chi connectivity index (χ0) is 28.9. The number of ether oxygens (including phenoxy) is 1. The molecule has 0 aromatic heterocycles. The van der Waals surface area contributed by atoms with Crippen LogP contribution in [0.15, 0.2) is 42.5 Å². The maximum atomic E-state index is 15.1. The van der Waals surface area contributed by atoms with E-state index >= 15 is 4.39 Å². The summed E-state index contributed by atoms with van der Waals surface area (Å²) in [6.07, 6.45) is -1.82. The van der Waals surface area contributed by atoms with Gasteiger partial charge < -0.3 is 14.7 Å². The van der Waals surface area contributed by atoms with Crippen LogP contribution in [0.3, 0.4) is 0 Å². The molecule has 0 heterocycles. The van der Waals surface area contributed by atoms with E-state index in [1.54, 1.807) is 30.3 Å². The number of alkyl halides is 3. The number of benzene rings is 2. The van der Waals surface area contributed by atoms with Crippen molar-refractivity contribution in [2.24, 2.45) is 16.7 Å². The number of amides is 1. The van der Waals surface area contributed by atoms with Gasteiger partial charge in [-0.3, -0.25) is 4.79 Å². The van der Waals surface area contributed by atoms with Gasteiger partial charge in [-0.05, 0) is 107 Å². The van der Waals surface area contributed by atoms with Crippen LogP contribution < -0.4 is 9.64 Å². The first-order valence-electron chi connectivity index (χ1n) is 13.9. The fourth-order valence-corrected chi connectivity index (χ4v) is 6.57. The van der Waals surface area contributed by atoms with Crippen LogP contribution in [0.25, 0.3) is 11.1 Å². The van der Waals surface area contributed by atoms with E-state index < -0.39 is 42.3 Å². The summed E-state index contributed by atoms with van der Waals surface area (Å²) in [6.45, 7) is 4.08. The van der Waals surface area contributed by atoms with Gasteiger partial charge in [0.2, 0.25) is 5.91 Å². The maximum Gasteiger partial charge on any atom is 0.417 e. The molecule has 0 saturated heterocycles. The SMILES string of the molecule is CC(C)Oc1ccc(-c2cc(N(CC34CCC(C#N)(CC3)CC4)C(=O)C3CC(O)(C(F)(F)F)C3)ccc2F)cc1. The van der Waals surface area contributed by atoms with Crippen molar-refractivity contribution in [2.45, 2.75) is 83.1 Å². The third-order valence-electron chi connectivity index (χ3n) is 9.24. The molecule has 0 radical (unpaired) electrons. The molecule has 6 rings (SSSR count). The standard InChI is InChI=1S/C31H34F4N2O3/c1-20(2)40-24-6-3-21(4-7-24)25-15-23(5-8-26(25)32)37(27(38)22-16-30(39,17-22)31(33,34)35)19-29-12-9-28(18-36,10-13-29)11-14-29/h3-8,15,20,22,39H,9-14,16-17,19H2,1-2H3. The van der Waals surface area contributed by atoms with Crippen LogP contribution in [0.4, 0.5) is 23.2 Å². The van der Waals surface area contributed by atoms with Gasteiger partial charge in [-0.25, -0.2) is 4.39 Å². The maximum absolute atomic E-state index is 15.1. The van der Waals surface area contributed by atoms with Crippen molar-refractivity contribution in [3.05, 3.63) is 48.3 Å². The van der Waals surface area contributed by atoms with Crippen molar-refractivity contribution in [3.63, 3.8) is 0 Å². The Kier molecular flexibility index (Phi) is 7.14. The predicted octanol–water partition coefficient (Wildman–Crippen LogP) is 7.18. The first kappa shape index (κ1) is 28.4. The minimum absolute atomic E-state index is 0.0238. The molecule has 0 spiro atoms. The molecule has 0 atom stereocenters. The lowest BCUT2D eigenvalue weighted by molar-refractivity contribution is -0.295. The Morgan fingerprint density at radius 1 is 1.07 bits per heavy atom. The van der Waals surface area contributed by atoms with E-state index in [1.807, 2.05) is 13.8 Å². The second-order valence-corrected chi connectivity index (χ2v) is 12.3. The van der Waals surface area contributed by atoms with Crippen LogP contribution in [-0.2, 0) is 4.79 Å². The molecule has 5 nitrogen and oxygen atoms in total. The van der Waals surface area contributed by atoms with Gasteiger partial charge >= 0.3 is 6.18 Å². The second-order valence-electron chi connectivity index (χ2n) is 12.3. The van der Waals surface area contributed by atoms with Gasteiger partial charge in [0.1, 0.15) is 11.6 Å². The Balaban J connectivity index is 1.46. The summed E-state index contributed by atoms with van der Waals surface area (Å²) < 4.78 is 60.8. The van der Waals surface area contributed by atoms with Crippen LogP contribution in [0.1, 0.15) is 65.2 Å². The van der Waals surface area contributed by atoms with Crippen molar-refractivity contribution in [1.82, 2.24) is 0 Å². The van der Waals surface area contributed by atoms with Gasteiger partial charge in [0.15, 0.2) is 5.60 Å². The van der Waals surface area contributed by atoms with Gasteiger partial charge in [-0.1, -0.05) is 12.1 Å². The molecule has 2 bridgehead atoms. The topological polar surface area (TPSA) is 73.6 Å². The number of anilines is 1. The summed E-state index contributed by atoms with van der Waals surface area (Å²) in [4.78, 5) is 15.3. The molecule has 4 saturated carbocycles. The lowest BCUT2D eigenvalue weighted by atomic mass is 9.54. The Hall–Kier alpha value is -3.12. The van der Waals surface area contributed by atoms with Crippen molar-refractivity contribution < 1.29 is 32.2 Å². The Morgan fingerprint density at radius 2 is 1.68 bits per heavy atom. The molecule has 0 unspecified atom stereocenters. The highest BCUT2D eigenvalue weighted by Gasteiger charge is 2.63. The molecule has 4 fully saturated rings. The van der Waals surface area contributed by atoms with Crippen LogP contribution >= 0.6 is 0 Å². The number of halogens is 4. The normalized spacial score (nSPS) is 29.5. The second kappa shape index (κ2) is 10.1. The number of hydrogen-bond acceptors (Lipinski definition) is 4. The van der Waals surface area contributed by atoms with Crippen LogP contribution in [-0.4, -0.2) is 35.4 Å². The van der Waals surface area contributed by atoms with E-state index in [0.717, 1.165) is 38.5 Å². The minimum Gasteiger partial charge on any atom is -0.491 e. The average molecular weight is 559 g/mol. The van der Waals surface area contributed by atoms with Crippen LogP contribution in [0, 0.1) is 33.9 Å². The van der Waals surface area contributed by atoms with E-state index in [-0.39, 0.29) is 29.0 Å². The van der Waals surface area contributed by atoms with E-state index in [4.69, 9.17) is 4.74 Å². The number of carbonyl (C=O) groups excluding carboxylic acids is 1. The molecule has 214 valence electrons. The molecule has 2 aromatic rings. The van der Waals surface area contributed by atoms with Crippen molar-refractivity contribution in [2.75, 3.05) is 11.4 Å². The zero-order valence-corrected chi connectivity index (χ0v) is 22.7. The Bertz CT molecular complexity index is 1280. The highest BCUT2D eigenvalue weighted by molar-refractivity contribution is 5.96. The lowest BCUT2D eigenvalue weighted by Crippen LogP contribution is -2.60. The molecule has 1 amide bonds. The zero-order valence-electron chi connectivity index (χ0n) is 22.7. The average Bonchev–Trinajstić information content (AvgIpc) is 2.91. The molecule has 1 N–H and O–H groups in total. The minimum atomic E-state index is -4.81. The van der Waals surface area contributed by atoms with Crippen molar-refractivity contribution in [1.29, 1.82) is 5.26 Å². The van der Waals surface area contributed by atoms with E-state index in [0.29, 0.717) is 17.0 Å². The molecule has 0 aliphatic heterocycles. The monoisotopic (exact) mass is 558 g/mol. The molecule has 4 aliphatic carbocycles. The van der Waals surface area contributed by atoms with Gasteiger partial charge in [0.25, 0.3) is 0 Å². The number of fused-ring (bicyclic) bond motifs is 3. The summed E-state index contributed by atoms with van der Waals surface area (Å²) in [5.74, 6) is -1.34. The largest absolute Gasteiger partial charge is 0.491 e. The first-order valence-corrected chi connectivity index (χ1v) is 13.9. The highest BCUT2D eigenvalue weighted by atomic mass is 19.4. The third kappa shape index (κ3) is 5.18. The number of nitrogens with zero attached hydrogens (tertiary/aromatic N) is 2. The molecular formula is C31H34F4N2O3. The lowest BCUT2D eigenvalue weighted by Gasteiger charge is -2.52. The van der Waals surface area contributed by atoms with Gasteiger partial charge in [-0.15, -0.1) is 0 Å².